The minimum absolute atomic E-state index is 0.128. The lowest BCUT2D eigenvalue weighted by atomic mass is 10.1. The maximum atomic E-state index is 12.8. The summed E-state index contributed by atoms with van der Waals surface area (Å²) in [6.07, 6.45) is 0. The Kier molecular flexibility index (Phi) is 4.96. The lowest BCUT2D eigenvalue weighted by Crippen LogP contribution is -2.14. The van der Waals surface area contributed by atoms with Crippen molar-refractivity contribution in [1.82, 2.24) is 14.8 Å². The van der Waals surface area contributed by atoms with E-state index < -0.39 is 0 Å². The number of aryl methyl sites for hydroxylation is 3. The second-order valence-corrected chi connectivity index (χ2v) is 7.20. The summed E-state index contributed by atoms with van der Waals surface area (Å²) in [6, 6.07) is 23.7. The van der Waals surface area contributed by atoms with Crippen molar-refractivity contribution in [1.29, 1.82) is 0 Å². The summed E-state index contributed by atoms with van der Waals surface area (Å²) in [4.78, 5) is 17.4. The SMILES string of the molecule is Cc1ccc(-c2nc(C(=O)Nc3cccc(C)c3)nn2-c2cccc(C)c2)cc1. The molecular formula is C24H22N4O. The lowest BCUT2D eigenvalue weighted by Gasteiger charge is -2.07. The van der Waals surface area contributed by atoms with E-state index in [1.54, 1.807) is 4.68 Å². The number of nitrogens with zero attached hydrogens (tertiary/aromatic N) is 3. The molecule has 0 bridgehead atoms. The van der Waals surface area contributed by atoms with Gasteiger partial charge in [0, 0.05) is 11.3 Å². The Bertz CT molecular complexity index is 1180. The van der Waals surface area contributed by atoms with Gasteiger partial charge in [0.1, 0.15) is 0 Å². The predicted octanol–water partition coefficient (Wildman–Crippen LogP) is 5.11. The molecule has 0 unspecified atom stereocenters. The number of carbonyl (C=O) groups excluding carboxylic acids is 1. The molecule has 0 saturated heterocycles. The fourth-order valence-electron chi connectivity index (χ4n) is 3.15. The van der Waals surface area contributed by atoms with Crippen LogP contribution in [0.2, 0.25) is 0 Å². The maximum absolute atomic E-state index is 12.8. The van der Waals surface area contributed by atoms with Crippen molar-refractivity contribution >= 4 is 11.6 Å². The molecule has 0 aliphatic heterocycles. The van der Waals surface area contributed by atoms with Crippen LogP contribution in [0.15, 0.2) is 72.8 Å². The minimum atomic E-state index is -0.338. The van der Waals surface area contributed by atoms with Crippen LogP contribution in [0.5, 0.6) is 0 Å². The molecule has 0 aliphatic carbocycles. The van der Waals surface area contributed by atoms with Gasteiger partial charge in [-0.15, -0.1) is 5.10 Å². The zero-order valence-electron chi connectivity index (χ0n) is 16.7. The first-order valence-corrected chi connectivity index (χ1v) is 9.49. The summed E-state index contributed by atoms with van der Waals surface area (Å²) in [5, 5.41) is 7.42. The summed E-state index contributed by atoms with van der Waals surface area (Å²) >= 11 is 0. The van der Waals surface area contributed by atoms with E-state index in [2.05, 4.69) is 15.4 Å². The summed E-state index contributed by atoms with van der Waals surface area (Å²) in [6.45, 7) is 6.04. The largest absolute Gasteiger partial charge is 0.319 e. The molecule has 1 N–H and O–H groups in total. The highest BCUT2D eigenvalue weighted by Crippen LogP contribution is 2.23. The zero-order chi connectivity index (χ0) is 20.4. The molecule has 0 radical (unpaired) electrons. The highest BCUT2D eigenvalue weighted by molar-refractivity contribution is 6.01. The van der Waals surface area contributed by atoms with Gasteiger partial charge in [-0.3, -0.25) is 4.79 Å². The van der Waals surface area contributed by atoms with Gasteiger partial charge < -0.3 is 5.32 Å². The number of rotatable bonds is 4. The standard InChI is InChI=1S/C24H22N4O/c1-16-10-12-19(13-11-16)23-26-22(24(29)25-20-8-4-6-17(2)14-20)27-28(23)21-9-5-7-18(3)15-21/h4-15H,1-3H3,(H,25,29). The van der Waals surface area contributed by atoms with E-state index in [9.17, 15) is 4.79 Å². The van der Waals surface area contributed by atoms with Crippen molar-refractivity contribution in [3.05, 3.63) is 95.3 Å². The normalized spacial score (nSPS) is 10.7. The molecule has 0 atom stereocenters. The Labute approximate surface area is 170 Å². The Morgan fingerprint density at radius 1 is 0.828 bits per heavy atom. The molecule has 1 aromatic heterocycles. The van der Waals surface area contributed by atoms with Gasteiger partial charge in [-0.05, 0) is 56.2 Å². The van der Waals surface area contributed by atoms with Crippen LogP contribution in [0.25, 0.3) is 17.1 Å². The first-order valence-electron chi connectivity index (χ1n) is 9.49. The lowest BCUT2D eigenvalue weighted by molar-refractivity contribution is 0.101. The molecule has 0 aliphatic rings. The van der Waals surface area contributed by atoms with Crippen LogP contribution in [0, 0.1) is 20.8 Å². The van der Waals surface area contributed by atoms with Crippen LogP contribution in [-0.4, -0.2) is 20.7 Å². The predicted molar refractivity (Wildman–Crippen MR) is 115 cm³/mol. The fourth-order valence-corrected chi connectivity index (χ4v) is 3.15. The first kappa shape index (κ1) is 18.6. The van der Waals surface area contributed by atoms with Gasteiger partial charge in [0.15, 0.2) is 5.82 Å². The van der Waals surface area contributed by atoms with Gasteiger partial charge >= 0.3 is 0 Å². The van der Waals surface area contributed by atoms with E-state index in [0.717, 1.165) is 33.6 Å². The number of benzene rings is 3. The van der Waals surface area contributed by atoms with Crippen LogP contribution < -0.4 is 5.32 Å². The van der Waals surface area contributed by atoms with Crippen LogP contribution in [0.3, 0.4) is 0 Å². The third-order valence-corrected chi connectivity index (χ3v) is 4.64. The van der Waals surface area contributed by atoms with Crippen molar-refractivity contribution < 1.29 is 4.79 Å². The smallest absolute Gasteiger partial charge is 0.295 e. The van der Waals surface area contributed by atoms with E-state index in [1.165, 1.54) is 0 Å². The Morgan fingerprint density at radius 2 is 1.52 bits per heavy atom. The van der Waals surface area contributed by atoms with Gasteiger partial charge in [0.05, 0.1) is 5.69 Å². The summed E-state index contributed by atoms with van der Waals surface area (Å²) in [5.74, 6) is 0.420. The molecule has 144 valence electrons. The monoisotopic (exact) mass is 382 g/mol. The van der Waals surface area contributed by atoms with Crippen molar-refractivity contribution in [3.63, 3.8) is 0 Å². The molecule has 4 rings (SSSR count). The van der Waals surface area contributed by atoms with Gasteiger partial charge in [-0.25, -0.2) is 9.67 Å². The Hall–Kier alpha value is -3.73. The van der Waals surface area contributed by atoms with Crippen molar-refractivity contribution in [2.75, 3.05) is 5.32 Å². The molecular weight excluding hydrogens is 360 g/mol. The Morgan fingerprint density at radius 3 is 2.21 bits per heavy atom. The molecule has 3 aromatic carbocycles. The third-order valence-electron chi connectivity index (χ3n) is 4.64. The van der Waals surface area contributed by atoms with E-state index >= 15 is 0 Å². The van der Waals surface area contributed by atoms with Crippen molar-refractivity contribution in [3.8, 4) is 17.1 Å². The van der Waals surface area contributed by atoms with Crippen molar-refractivity contribution in [2.45, 2.75) is 20.8 Å². The van der Waals surface area contributed by atoms with E-state index in [0.29, 0.717) is 5.82 Å². The summed E-state index contributed by atoms with van der Waals surface area (Å²) < 4.78 is 1.73. The summed E-state index contributed by atoms with van der Waals surface area (Å²) in [7, 11) is 0. The number of hydrogen-bond acceptors (Lipinski definition) is 3. The fraction of sp³-hybridized carbons (Fsp3) is 0.125. The minimum Gasteiger partial charge on any atom is -0.319 e. The van der Waals surface area contributed by atoms with Gasteiger partial charge in [-0.1, -0.05) is 54.1 Å². The van der Waals surface area contributed by atoms with Crippen LogP contribution in [0.4, 0.5) is 5.69 Å². The van der Waals surface area contributed by atoms with Gasteiger partial charge in [0.25, 0.3) is 5.91 Å². The molecule has 1 heterocycles. The second kappa shape index (κ2) is 7.72. The van der Waals surface area contributed by atoms with E-state index in [4.69, 9.17) is 0 Å². The molecule has 29 heavy (non-hydrogen) atoms. The number of anilines is 1. The van der Waals surface area contributed by atoms with Crippen LogP contribution >= 0.6 is 0 Å². The first-order chi connectivity index (χ1) is 14.0. The van der Waals surface area contributed by atoms with Gasteiger partial charge in [0.2, 0.25) is 5.82 Å². The second-order valence-electron chi connectivity index (χ2n) is 7.20. The molecule has 5 nitrogen and oxygen atoms in total. The average molecular weight is 382 g/mol. The molecule has 0 fully saturated rings. The zero-order valence-corrected chi connectivity index (χ0v) is 16.7. The van der Waals surface area contributed by atoms with Crippen molar-refractivity contribution in [2.24, 2.45) is 0 Å². The average Bonchev–Trinajstić information content (AvgIpc) is 3.14. The Balaban J connectivity index is 1.76. The quantitative estimate of drug-likeness (QED) is 0.533. The molecule has 0 spiro atoms. The molecule has 4 aromatic rings. The topological polar surface area (TPSA) is 59.8 Å². The maximum Gasteiger partial charge on any atom is 0.295 e. The molecule has 1 amide bonds. The van der Waals surface area contributed by atoms with E-state index in [-0.39, 0.29) is 11.7 Å². The number of nitrogens with one attached hydrogen (secondary N) is 1. The van der Waals surface area contributed by atoms with Crippen LogP contribution in [-0.2, 0) is 0 Å². The number of amides is 1. The van der Waals surface area contributed by atoms with E-state index in [1.807, 2.05) is 93.6 Å². The van der Waals surface area contributed by atoms with Crippen LogP contribution in [0.1, 0.15) is 27.3 Å². The number of carbonyl (C=O) groups is 1. The highest BCUT2D eigenvalue weighted by atomic mass is 16.2. The third kappa shape index (κ3) is 4.09. The summed E-state index contributed by atoms with van der Waals surface area (Å²) in [5.41, 5.74) is 5.83. The molecule has 0 saturated carbocycles. The molecule has 5 heteroatoms. The number of aromatic nitrogens is 3. The number of hydrogen-bond donors (Lipinski definition) is 1. The highest BCUT2D eigenvalue weighted by Gasteiger charge is 2.19. The van der Waals surface area contributed by atoms with Gasteiger partial charge in [-0.2, -0.15) is 0 Å².